The Morgan fingerprint density at radius 2 is 2.12 bits per heavy atom. The Kier molecular flexibility index (Phi) is 4.15. The van der Waals surface area contributed by atoms with Gasteiger partial charge in [0.25, 0.3) is 0 Å². The summed E-state index contributed by atoms with van der Waals surface area (Å²) in [4.78, 5) is 2.35. The number of nitrogens with one attached hydrogen (secondary N) is 1. The molecular weight excluding hydrogens is 212 g/mol. The van der Waals surface area contributed by atoms with Gasteiger partial charge in [-0.15, -0.1) is 0 Å². The van der Waals surface area contributed by atoms with E-state index in [1.54, 1.807) is 0 Å². The van der Waals surface area contributed by atoms with E-state index in [1.807, 2.05) is 30.3 Å². The Balaban J connectivity index is 1.79. The smallest absolute Gasteiger partial charge is 0.0914 e. The maximum atomic E-state index is 10.0. The van der Waals surface area contributed by atoms with Crippen LogP contribution in [0, 0.1) is 0 Å². The van der Waals surface area contributed by atoms with Crippen LogP contribution in [-0.2, 0) is 0 Å². The van der Waals surface area contributed by atoms with Crippen LogP contribution in [0.25, 0.3) is 0 Å². The van der Waals surface area contributed by atoms with Gasteiger partial charge in [-0.25, -0.2) is 0 Å². The molecule has 1 fully saturated rings. The fourth-order valence-electron chi connectivity index (χ4n) is 2.41. The number of rotatable bonds is 4. The van der Waals surface area contributed by atoms with Crippen LogP contribution >= 0.6 is 0 Å². The van der Waals surface area contributed by atoms with Crippen molar-refractivity contribution in [2.24, 2.45) is 0 Å². The van der Waals surface area contributed by atoms with Crippen molar-refractivity contribution >= 4 is 0 Å². The van der Waals surface area contributed by atoms with E-state index < -0.39 is 6.10 Å². The fourth-order valence-corrected chi connectivity index (χ4v) is 2.41. The molecule has 3 unspecified atom stereocenters. The number of likely N-dealkylation sites (N-methyl/N-ethyl adjacent to an activating group) is 1. The lowest BCUT2D eigenvalue weighted by molar-refractivity contribution is 0.170. The summed E-state index contributed by atoms with van der Waals surface area (Å²) in [6.07, 6.45) is 0.760. The number of likely N-dealkylation sites (tertiary alicyclic amines) is 1. The van der Waals surface area contributed by atoms with E-state index in [2.05, 4.69) is 24.2 Å². The number of hydrogen-bond acceptors (Lipinski definition) is 3. The second-order valence-electron chi connectivity index (χ2n) is 5.06. The summed E-state index contributed by atoms with van der Waals surface area (Å²) in [6, 6.07) is 11.0. The molecule has 1 aliphatic heterocycles. The lowest BCUT2D eigenvalue weighted by Gasteiger charge is -2.16. The van der Waals surface area contributed by atoms with Gasteiger partial charge in [0.15, 0.2) is 0 Å². The molecule has 1 heterocycles. The molecule has 3 atom stereocenters. The van der Waals surface area contributed by atoms with Gasteiger partial charge in [-0.05, 0) is 26.0 Å². The minimum absolute atomic E-state index is 0.405. The molecule has 0 saturated carbocycles. The first-order chi connectivity index (χ1) is 8.16. The van der Waals surface area contributed by atoms with E-state index in [1.165, 1.54) is 0 Å². The highest BCUT2D eigenvalue weighted by Gasteiger charge is 2.25. The molecule has 1 aliphatic rings. The van der Waals surface area contributed by atoms with Crippen molar-refractivity contribution in [3.63, 3.8) is 0 Å². The van der Waals surface area contributed by atoms with E-state index in [-0.39, 0.29) is 0 Å². The second kappa shape index (κ2) is 5.63. The minimum atomic E-state index is -0.405. The molecule has 0 aliphatic carbocycles. The second-order valence-corrected chi connectivity index (χ2v) is 5.06. The molecule has 1 aromatic carbocycles. The van der Waals surface area contributed by atoms with Crippen molar-refractivity contribution in [2.75, 3.05) is 20.1 Å². The minimum Gasteiger partial charge on any atom is -0.387 e. The van der Waals surface area contributed by atoms with Crippen LogP contribution in [0.3, 0.4) is 0 Å². The van der Waals surface area contributed by atoms with Crippen molar-refractivity contribution in [1.82, 2.24) is 10.2 Å². The summed E-state index contributed by atoms with van der Waals surface area (Å²) in [5.41, 5.74) is 0.986. The Hall–Kier alpha value is -0.900. The first-order valence-corrected chi connectivity index (χ1v) is 6.33. The molecule has 94 valence electrons. The standard InChI is InChI=1S/C14H22N2O/c1-11-8-13(10-16(11)2)15-9-14(17)12-6-4-3-5-7-12/h3-7,11,13-15,17H,8-10H2,1-2H3. The number of aliphatic hydroxyl groups excluding tert-OH is 1. The van der Waals surface area contributed by atoms with Gasteiger partial charge in [-0.3, -0.25) is 0 Å². The van der Waals surface area contributed by atoms with Crippen LogP contribution in [0.15, 0.2) is 30.3 Å². The average Bonchev–Trinajstić information content (AvgIpc) is 2.67. The highest BCUT2D eigenvalue weighted by Crippen LogP contribution is 2.16. The molecule has 1 aromatic rings. The Morgan fingerprint density at radius 3 is 2.71 bits per heavy atom. The number of nitrogens with zero attached hydrogens (tertiary/aromatic N) is 1. The van der Waals surface area contributed by atoms with Crippen molar-refractivity contribution in [3.05, 3.63) is 35.9 Å². The third-order valence-electron chi connectivity index (χ3n) is 3.67. The van der Waals surface area contributed by atoms with Gasteiger partial charge in [-0.2, -0.15) is 0 Å². The molecule has 0 aromatic heterocycles. The summed E-state index contributed by atoms with van der Waals surface area (Å²) in [5.74, 6) is 0. The summed E-state index contributed by atoms with van der Waals surface area (Å²) < 4.78 is 0. The molecule has 3 heteroatoms. The monoisotopic (exact) mass is 234 g/mol. The third kappa shape index (κ3) is 3.28. The average molecular weight is 234 g/mol. The zero-order valence-electron chi connectivity index (χ0n) is 10.6. The molecule has 1 saturated heterocycles. The molecule has 2 rings (SSSR count). The molecular formula is C14H22N2O. The SMILES string of the molecule is CC1CC(NCC(O)c2ccccc2)CN1C. The molecule has 0 amide bonds. The zero-order chi connectivity index (χ0) is 12.3. The molecule has 3 nitrogen and oxygen atoms in total. The lowest BCUT2D eigenvalue weighted by Crippen LogP contribution is -2.34. The van der Waals surface area contributed by atoms with Gasteiger partial charge in [0.05, 0.1) is 6.10 Å². The van der Waals surface area contributed by atoms with E-state index >= 15 is 0 Å². The summed E-state index contributed by atoms with van der Waals surface area (Å²) >= 11 is 0. The van der Waals surface area contributed by atoms with Gasteiger partial charge in [0.1, 0.15) is 0 Å². The van der Waals surface area contributed by atoms with Crippen LogP contribution < -0.4 is 5.32 Å². The molecule has 17 heavy (non-hydrogen) atoms. The van der Waals surface area contributed by atoms with Gasteiger partial charge < -0.3 is 15.3 Å². The van der Waals surface area contributed by atoms with Crippen molar-refractivity contribution < 1.29 is 5.11 Å². The summed E-state index contributed by atoms with van der Waals surface area (Å²) in [7, 11) is 2.15. The van der Waals surface area contributed by atoms with Crippen LogP contribution in [0.4, 0.5) is 0 Å². The maximum Gasteiger partial charge on any atom is 0.0914 e. The number of hydrogen-bond donors (Lipinski definition) is 2. The predicted octanol–water partition coefficient (Wildman–Crippen LogP) is 1.40. The highest BCUT2D eigenvalue weighted by molar-refractivity contribution is 5.17. The van der Waals surface area contributed by atoms with Gasteiger partial charge >= 0.3 is 0 Å². The van der Waals surface area contributed by atoms with Gasteiger partial charge in [0, 0.05) is 25.2 Å². The maximum absolute atomic E-state index is 10.0. The quantitative estimate of drug-likeness (QED) is 0.826. The van der Waals surface area contributed by atoms with Crippen molar-refractivity contribution in [3.8, 4) is 0 Å². The van der Waals surface area contributed by atoms with E-state index in [0.717, 1.165) is 18.5 Å². The van der Waals surface area contributed by atoms with E-state index in [4.69, 9.17) is 0 Å². The molecule has 0 bridgehead atoms. The van der Waals surface area contributed by atoms with Crippen molar-refractivity contribution in [2.45, 2.75) is 31.5 Å². The van der Waals surface area contributed by atoms with Gasteiger partial charge in [0.2, 0.25) is 0 Å². The number of benzene rings is 1. The predicted molar refractivity (Wildman–Crippen MR) is 69.9 cm³/mol. The Morgan fingerprint density at radius 1 is 1.41 bits per heavy atom. The van der Waals surface area contributed by atoms with Crippen LogP contribution in [0.2, 0.25) is 0 Å². The molecule has 0 radical (unpaired) electrons. The Labute approximate surface area is 103 Å². The van der Waals surface area contributed by atoms with Crippen molar-refractivity contribution in [1.29, 1.82) is 0 Å². The van der Waals surface area contributed by atoms with Crippen LogP contribution in [-0.4, -0.2) is 42.2 Å². The first-order valence-electron chi connectivity index (χ1n) is 6.33. The van der Waals surface area contributed by atoms with E-state index in [0.29, 0.717) is 18.6 Å². The van der Waals surface area contributed by atoms with Crippen LogP contribution in [0.1, 0.15) is 25.0 Å². The summed E-state index contributed by atoms with van der Waals surface area (Å²) in [5, 5.41) is 13.5. The number of aliphatic hydroxyl groups is 1. The first kappa shape index (κ1) is 12.6. The summed E-state index contributed by atoms with van der Waals surface area (Å²) in [6.45, 7) is 3.95. The van der Waals surface area contributed by atoms with Gasteiger partial charge in [-0.1, -0.05) is 30.3 Å². The largest absolute Gasteiger partial charge is 0.387 e. The highest BCUT2D eigenvalue weighted by atomic mass is 16.3. The third-order valence-corrected chi connectivity index (χ3v) is 3.67. The Bertz CT molecular complexity index is 331. The topological polar surface area (TPSA) is 35.5 Å². The fraction of sp³-hybridized carbons (Fsp3) is 0.571. The normalized spacial score (nSPS) is 27.2. The zero-order valence-corrected chi connectivity index (χ0v) is 10.6. The van der Waals surface area contributed by atoms with E-state index in [9.17, 15) is 5.11 Å². The molecule has 0 spiro atoms. The van der Waals surface area contributed by atoms with Crippen LogP contribution in [0.5, 0.6) is 0 Å². The lowest BCUT2D eigenvalue weighted by atomic mass is 10.1. The molecule has 2 N–H and O–H groups in total.